The van der Waals surface area contributed by atoms with Gasteiger partial charge < -0.3 is 4.90 Å². The summed E-state index contributed by atoms with van der Waals surface area (Å²) in [4.78, 5) is 5.99. The molecule has 1 N–H and O–H groups in total. The number of imidazole rings is 1. The number of anilines is 1. The molecule has 1 aliphatic rings. The van der Waals surface area contributed by atoms with Crippen LogP contribution in [0.2, 0.25) is 0 Å². The number of nitrogens with zero attached hydrogens (tertiary/aromatic N) is 2. The zero-order valence-corrected chi connectivity index (χ0v) is 13.5. The highest BCUT2D eigenvalue weighted by Crippen LogP contribution is 2.38. The monoisotopic (exact) mass is 312 g/mol. The van der Waals surface area contributed by atoms with E-state index in [1.54, 1.807) is 0 Å². The second-order valence-electron chi connectivity index (χ2n) is 6.27. The molecule has 5 rings (SSSR count). The summed E-state index contributed by atoms with van der Waals surface area (Å²) in [5.74, 6) is 1.17. The molecule has 2 heterocycles. The fourth-order valence-electron chi connectivity index (χ4n) is 3.83. The molecular formula is C21H18N3+. The number of para-hydroxylation sites is 3. The number of aromatic nitrogens is 2. The van der Waals surface area contributed by atoms with E-state index in [9.17, 15) is 0 Å². The second-order valence-corrected chi connectivity index (χ2v) is 6.27. The molecule has 0 bridgehead atoms. The zero-order valence-electron chi connectivity index (χ0n) is 13.5. The number of nitrogens with one attached hydrogen (secondary N) is 1. The lowest BCUT2D eigenvalue weighted by atomic mass is 10.0. The summed E-state index contributed by atoms with van der Waals surface area (Å²) in [6.45, 7) is 0. The first-order valence-electron chi connectivity index (χ1n) is 8.24. The summed E-state index contributed by atoms with van der Waals surface area (Å²) in [6.07, 6.45) is 0.132. The smallest absolute Gasteiger partial charge is 0.291 e. The van der Waals surface area contributed by atoms with Crippen LogP contribution in [0.15, 0.2) is 78.9 Å². The molecule has 0 fully saturated rings. The quantitative estimate of drug-likeness (QED) is 0.525. The third-order valence-corrected chi connectivity index (χ3v) is 4.91. The Labute approximate surface area is 140 Å². The van der Waals surface area contributed by atoms with Gasteiger partial charge in [-0.05, 0) is 24.3 Å². The minimum atomic E-state index is 0.132. The van der Waals surface area contributed by atoms with Crippen molar-refractivity contribution in [1.82, 2.24) is 4.98 Å². The van der Waals surface area contributed by atoms with Gasteiger partial charge in [0.25, 0.3) is 5.82 Å². The van der Waals surface area contributed by atoms with E-state index >= 15 is 0 Å². The average Bonchev–Trinajstić information content (AvgIpc) is 3.03. The van der Waals surface area contributed by atoms with Crippen LogP contribution in [0.4, 0.5) is 5.69 Å². The van der Waals surface area contributed by atoms with Gasteiger partial charge in [-0.3, -0.25) is 0 Å². The molecule has 0 amide bonds. The van der Waals surface area contributed by atoms with Crippen molar-refractivity contribution in [1.29, 1.82) is 0 Å². The van der Waals surface area contributed by atoms with Gasteiger partial charge in [-0.25, -0.2) is 4.98 Å². The van der Waals surface area contributed by atoms with Crippen molar-refractivity contribution in [3.8, 4) is 11.4 Å². The van der Waals surface area contributed by atoms with Crippen molar-refractivity contribution in [2.24, 2.45) is 0 Å². The Morgan fingerprint density at radius 3 is 2.42 bits per heavy atom. The van der Waals surface area contributed by atoms with Gasteiger partial charge in [0.15, 0.2) is 11.0 Å². The van der Waals surface area contributed by atoms with Gasteiger partial charge in [0.1, 0.15) is 0 Å². The summed E-state index contributed by atoms with van der Waals surface area (Å²) < 4.78 is 2.41. The van der Waals surface area contributed by atoms with Crippen LogP contribution in [0.25, 0.3) is 22.4 Å². The maximum absolute atomic E-state index is 3.63. The highest BCUT2D eigenvalue weighted by Gasteiger charge is 2.37. The lowest BCUT2D eigenvalue weighted by Crippen LogP contribution is -2.52. The first-order valence-corrected chi connectivity index (χ1v) is 8.24. The van der Waals surface area contributed by atoms with E-state index in [4.69, 9.17) is 0 Å². The Balaban J connectivity index is 1.89. The van der Waals surface area contributed by atoms with Crippen molar-refractivity contribution in [3.63, 3.8) is 0 Å². The summed E-state index contributed by atoms with van der Waals surface area (Å²) in [7, 11) is 2.17. The molecule has 0 saturated heterocycles. The fourth-order valence-corrected chi connectivity index (χ4v) is 3.83. The van der Waals surface area contributed by atoms with Gasteiger partial charge >= 0.3 is 0 Å². The van der Waals surface area contributed by atoms with Crippen LogP contribution in [0.1, 0.15) is 11.7 Å². The van der Waals surface area contributed by atoms with Gasteiger partial charge in [0, 0.05) is 12.6 Å². The van der Waals surface area contributed by atoms with Gasteiger partial charge in [-0.1, -0.05) is 54.6 Å². The number of benzene rings is 3. The number of hydrogen-bond donors (Lipinski definition) is 1. The molecule has 3 aromatic carbocycles. The molecule has 1 unspecified atom stereocenters. The topological polar surface area (TPSA) is 22.9 Å². The van der Waals surface area contributed by atoms with E-state index in [1.165, 1.54) is 33.7 Å². The molecule has 0 aliphatic carbocycles. The van der Waals surface area contributed by atoms with Crippen LogP contribution in [-0.4, -0.2) is 12.0 Å². The Hall–Kier alpha value is -3.07. The minimum Gasteiger partial charge on any atom is -0.331 e. The highest BCUT2D eigenvalue weighted by molar-refractivity contribution is 5.81. The summed E-state index contributed by atoms with van der Waals surface area (Å²) >= 11 is 0. The standard InChI is InChI=1S/C21H17N3/c1-23-18-13-7-5-11-16(18)20-22-17-12-6-8-14-19(17)24(20)21(23)15-9-3-2-4-10-15/h2-14,21H,1H3/p+1. The lowest BCUT2D eigenvalue weighted by Gasteiger charge is -2.33. The van der Waals surface area contributed by atoms with Crippen LogP contribution >= 0.6 is 0 Å². The number of hydrogen-bond acceptors (Lipinski definition) is 1. The number of fused-ring (bicyclic) bond motifs is 5. The third-order valence-electron chi connectivity index (χ3n) is 4.91. The maximum Gasteiger partial charge on any atom is 0.291 e. The van der Waals surface area contributed by atoms with E-state index in [2.05, 4.69) is 100 Å². The van der Waals surface area contributed by atoms with Crippen molar-refractivity contribution in [2.75, 3.05) is 11.9 Å². The normalized spacial score (nSPS) is 16.0. The van der Waals surface area contributed by atoms with Gasteiger partial charge in [0.05, 0.1) is 11.3 Å². The van der Waals surface area contributed by atoms with Crippen molar-refractivity contribution >= 4 is 16.7 Å². The Morgan fingerprint density at radius 1 is 0.833 bits per heavy atom. The zero-order chi connectivity index (χ0) is 16.1. The molecule has 3 heteroatoms. The Kier molecular flexibility index (Phi) is 2.77. The van der Waals surface area contributed by atoms with Crippen LogP contribution < -0.4 is 9.47 Å². The second kappa shape index (κ2) is 4.96. The summed E-state index contributed by atoms with van der Waals surface area (Å²) in [5, 5.41) is 0. The van der Waals surface area contributed by atoms with Gasteiger partial charge in [0.2, 0.25) is 6.17 Å². The largest absolute Gasteiger partial charge is 0.331 e. The molecule has 1 aromatic heterocycles. The van der Waals surface area contributed by atoms with E-state index in [0.29, 0.717) is 0 Å². The van der Waals surface area contributed by atoms with Crippen molar-refractivity contribution < 1.29 is 4.57 Å². The van der Waals surface area contributed by atoms with Crippen LogP contribution in [0.5, 0.6) is 0 Å². The molecule has 0 radical (unpaired) electrons. The maximum atomic E-state index is 3.63. The average molecular weight is 312 g/mol. The molecule has 0 saturated carbocycles. The van der Waals surface area contributed by atoms with Crippen molar-refractivity contribution in [3.05, 3.63) is 84.4 Å². The number of rotatable bonds is 1. The van der Waals surface area contributed by atoms with E-state index in [0.717, 1.165) is 0 Å². The first-order chi connectivity index (χ1) is 11.8. The summed E-state index contributed by atoms with van der Waals surface area (Å²) in [6, 6.07) is 27.8. The molecule has 24 heavy (non-hydrogen) atoms. The van der Waals surface area contributed by atoms with Crippen LogP contribution in [0.3, 0.4) is 0 Å². The molecule has 1 atom stereocenters. The first kappa shape index (κ1) is 13.4. The number of aromatic amines is 1. The predicted octanol–water partition coefficient (Wildman–Crippen LogP) is 4.12. The van der Waals surface area contributed by atoms with E-state index in [1.807, 2.05) is 0 Å². The van der Waals surface area contributed by atoms with Crippen molar-refractivity contribution in [2.45, 2.75) is 6.17 Å². The molecule has 4 aromatic rings. The molecule has 0 spiro atoms. The lowest BCUT2D eigenvalue weighted by molar-refractivity contribution is -0.678. The van der Waals surface area contributed by atoms with E-state index in [-0.39, 0.29) is 6.17 Å². The van der Waals surface area contributed by atoms with Gasteiger partial charge in [-0.2, -0.15) is 4.57 Å². The molecule has 1 aliphatic heterocycles. The summed E-state index contributed by atoms with van der Waals surface area (Å²) in [5.41, 5.74) is 6.16. The third kappa shape index (κ3) is 1.75. The van der Waals surface area contributed by atoms with Crippen LogP contribution in [0, 0.1) is 0 Å². The van der Waals surface area contributed by atoms with Gasteiger partial charge in [-0.15, -0.1) is 0 Å². The highest BCUT2D eigenvalue weighted by atomic mass is 15.3. The SMILES string of the molecule is CN1c2ccccc2-c2[nH]c3ccccc3[n+]2C1c1ccccc1. The Bertz CT molecular complexity index is 1030. The fraction of sp³-hybridized carbons (Fsp3) is 0.0952. The van der Waals surface area contributed by atoms with E-state index < -0.39 is 0 Å². The molecule has 116 valence electrons. The van der Waals surface area contributed by atoms with Crippen LogP contribution in [-0.2, 0) is 0 Å². The molecular weight excluding hydrogens is 294 g/mol. The number of H-pyrrole nitrogens is 1. The Morgan fingerprint density at radius 2 is 1.54 bits per heavy atom. The predicted molar refractivity (Wildman–Crippen MR) is 96.9 cm³/mol. The minimum absolute atomic E-state index is 0.132. The molecule has 3 nitrogen and oxygen atoms in total.